The minimum atomic E-state index is -0.243. The molecule has 0 fully saturated rings. The number of unbranched alkanes of at least 4 members (excludes halogenated alkanes) is 1. The van der Waals surface area contributed by atoms with Crippen LogP contribution in [0.4, 0.5) is 5.69 Å². The number of hydrogen-bond donors (Lipinski definition) is 0. The second kappa shape index (κ2) is 10.1. The zero-order valence-electron chi connectivity index (χ0n) is 18.6. The number of benzene rings is 3. The molecule has 0 aromatic heterocycles. The molecule has 166 valence electrons. The topological polar surface area (TPSA) is 57.7 Å². The summed E-state index contributed by atoms with van der Waals surface area (Å²) >= 11 is 0. The lowest BCUT2D eigenvalue weighted by molar-refractivity contribution is -0.114. The van der Waals surface area contributed by atoms with Crippen molar-refractivity contribution in [3.05, 3.63) is 107 Å². The van der Waals surface area contributed by atoms with Gasteiger partial charge < -0.3 is 4.90 Å². The van der Waals surface area contributed by atoms with Crippen molar-refractivity contribution in [2.45, 2.75) is 19.8 Å². The molecule has 0 aliphatic carbocycles. The number of imide groups is 1. The molecule has 1 aliphatic heterocycles. The quantitative estimate of drug-likeness (QED) is 0.279. The van der Waals surface area contributed by atoms with Crippen LogP contribution in [0.5, 0.6) is 0 Å². The predicted molar refractivity (Wildman–Crippen MR) is 130 cm³/mol. The van der Waals surface area contributed by atoms with Gasteiger partial charge in [0.15, 0.2) is 0 Å². The molecule has 0 radical (unpaired) electrons. The maximum Gasteiger partial charge on any atom is 0.261 e. The molecule has 0 N–H and O–H groups in total. The second-order valence-electron chi connectivity index (χ2n) is 8.08. The van der Waals surface area contributed by atoms with Gasteiger partial charge in [-0.3, -0.25) is 19.3 Å². The summed E-state index contributed by atoms with van der Waals surface area (Å²) in [4.78, 5) is 41.2. The third-order valence-electron chi connectivity index (χ3n) is 5.72. The number of aryl methyl sites for hydroxylation is 1. The Labute approximate surface area is 194 Å². The van der Waals surface area contributed by atoms with Crippen molar-refractivity contribution in [3.8, 4) is 0 Å². The van der Waals surface area contributed by atoms with Gasteiger partial charge in [-0.15, -0.1) is 0 Å². The first-order valence-corrected chi connectivity index (χ1v) is 11.1. The Kier molecular flexibility index (Phi) is 6.79. The highest BCUT2D eigenvalue weighted by molar-refractivity contribution is 6.21. The summed E-state index contributed by atoms with van der Waals surface area (Å²) < 4.78 is 0. The standard InChI is InChI=1S/C28H26N2O3/c1-21-13-16-23(17-14-21)29(26(31)18-15-22-9-3-2-4-10-22)19-7-8-20-30-27(32)24-11-5-6-12-25(24)28(30)33/h2-6,9-18H,7-8,19-20H2,1H3. The molecular weight excluding hydrogens is 412 g/mol. The number of fused-ring (bicyclic) bond motifs is 1. The van der Waals surface area contributed by atoms with Crippen LogP contribution in [-0.4, -0.2) is 35.7 Å². The highest BCUT2D eigenvalue weighted by atomic mass is 16.2. The van der Waals surface area contributed by atoms with E-state index >= 15 is 0 Å². The molecule has 1 aliphatic rings. The predicted octanol–water partition coefficient (Wildman–Crippen LogP) is 5.12. The van der Waals surface area contributed by atoms with Crippen molar-refractivity contribution in [2.75, 3.05) is 18.0 Å². The van der Waals surface area contributed by atoms with E-state index in [1.54, 1.807) is 35.2 Å². The lowest BCUT2D eigenvalue weighted by Gasteiger charge is -2.22. The van der Waals surface area contributed by atoms with Gasteiger partial charge in [0.05, 0.1) is 11.1 Å². The smallest absolute Gasteiger partial charge is 0.261 e. The Morgan fingerprint density at radius 1 is 0.818 bits per heavy atom. The van der Waals surface area contributed by atoms with Crippen molar-refractivity contribution >= 4 is 29.5 Å². The van der Waals surface area contributed by atoms with Crippen molar-refractivity contribution in [2.24, 2.45) is 0 Å². The Hall–Kier alpha value is -3.99. The summed E-state index contributed by atoms with van der Waals surface area (Å²) in [7, 11) is 0. The van der Waals surface area contributed by atoms with E-state index < -0.39 is 0 Å². The zero-order chi connectivity index (χ0) is 23.2. The number of anilines is 1. The molecule has 0 saturated carbocycles. The van der Waals surface area contributed by atoms with Gasteiger partial charge in [0.25, 0.3) is 17.7 Å². The van der Waals surface area contributed by atoms with E-state index in [9.17, 15) is 14.4 Å². The molecule has 5 nitrogen and oxygen atoms in total. The molecule has 4 rings (SSSR count). The lowest BCUT2D eigenvalue weighted by atomic mass is 10.1. The summed E-state index contributed by atoms with van der Waals surface area (Å²) in [6, 6.07) is 24.4. The molecular formula is C28H26N2O3. The minimum Gasteiger partial charge on any atom is -0.309 e. The van der Waals surface area contributed by atoms with Crippen LogP contribution in [0.3, 0.4) is 0 Å². The maximum atomic E-state index is 13.0. The van der Waals surface area contributed by atoms with Gasteiger partial charge in [0, 0.05) is 24.9 Å². The summed E-state index contributed by atoms with van der Waals surface area (Å²) in [6.07, 6.45) is 4.66. The number of hydrogen-bond acceptors (Lipinski definition) is 3. The van der Waals surface area contributed by atoms with Crippen molar-refractivity contribution in [1.29, 1.82) is 0 Å². The molecule has 3 aromatic carbocycles. The third-order valence-corrected chi connectivity index (χ3v) is 5.72. The van der Waals surface area contributed by atoms with Gasteiger partial charge in [-0.25, -0.2) is 0 Å². The fourth-order valence-electron chi connectivity index (χ4n) is 3.89. The van der Waals surface area contributed by atoms with E-state index in [0.29, 0.717) is 37.1 Å². The van der Waals surface area contributed by atoms with Crippen LogP contribution < -0.4 is 4.90 Å². The van der Waals surface area contributed by atoms with Crippen molar-refractivity contribution < 1.29 is 14.4 Å². The van der Waals surface area contributed by atoms with Gasteiger partial charge in [-0.2, -0.15) is 0 Å². The first-order valence-electron chi connectivity index (χ1n) is 11.1. The van der Waals surface area contributed by atoms with Crippen LogP contribution in [0.25, 0.3) is 6.08 Å². The van der Waals surface area contributed by atoms with Crippen LogP contribution in [0.1, 0.15) is 44.7 Å². The fourth-order valence-corrected chi connectivity index (χ4v) is 3.89. The number of carbonyl (C=O) groups is 3. The van der Waals surface area contributed by atoms with E-state index in [2.05, 4.69) is 0 Å². The number of nitrogens with zero attached hydrogens (tertiary/aromatic N) is 2. The van der Waals surface area contributed by atoms with Crippen LogP contribution >= 0.6 is 0 Å². The molecule has 3 amide bonds. The Morgan fingerprint density at radius 3 is 2.06 bits per heavy atom. The summed E-state index contributed by atoms with van der Waals surface area (Å²) in [6.45, 7) is 2.83. The van der Waals surface area contributed by atoms with Gasteiger partial charge in [-0.05, 0) is 55.7 Å². The van der Waals surface area contributed by atoms with Gasteiger partial charge in [0.1, 0.15) is 0 Å². The van der Waals surface area contributed by atoms with Crippen LogP contribution in [-0.2, 0) is 4.79 Å². The highest BCUT2D eigenvalue weighted by Gasteiger charge is 2.34. The molecule has 0 atom stereocenters. The molecule has 33 heavy (non-hydrogen) atoms. The Morgan fingerprint density at radius 2 is 1.42 bits per heavy atom. The SMILES string of the molecule is Cc1ccc(N(CCCCN2C(=O)c3ccccc3C2=O)C(=O)C=Cc2ccccc2)cc1. The first-order chi connectivity index (χ1) is 16.0. The first kappa shape index (κ1) is 22.2. The normalized spacial score (nSPS) is 12.9. The molecule has 1 heterocycles. The summed E-state index contributed by atoms with van der Waals surface area (Å²) in [5.41, 5.74) is 3.83. The van der Waals surface area contributed by atoms with Crippen molar-refractivity contribution in [3.63, 3.8) is 0 Å². The number of carbonyl (C=O) groups excluding carboxylic acids is 3. The Balaban J connectivity index is 1.40. The Bertz CT molecular complexity index is 1150. The molecule has 0 spiro atoms. The molecule has 5 heteroatoms. The van der Waals surface area contributed by atoms with Gasteiger partial charge >= 0.3 is 0 Å². The molecule has 3 aromatic rings. The second-order valence-corrected chi connectivity index (χ2v) is 8.08. The van der Waals surface area contributed by atoms with E-state index in [1.807, 2.05) is 67.6 Å². The van der Waals surface area contributed by atoms with Crippen molar-refractivity contribution in [1.82, 2.24) is 4.90 Å². The summed E-state index contributed by atoms with van der Waals surface area (Å²) in [5, 5.41) is 0. The van der Waals surface area contributed by atoms with Crippen LogP contribution in [0, 0.1) is 6.92 Å². The van der Waals surface area contributed by atoms with E-state index in [4.69, 9.17) is 0 Å². The fraction of sp³-hybridized carbons (Fsp3) is 0.179. The van der Waals surface area contributed by atoms with Crippen LogP contribution in [0.2, 0.25) is 0 Å². The third kappa shape index (κ3) is 5.09. The summed E-state index contributed by atoms with van der Waals surface area (Å²) in [5.74, 6) is -0.593. The monoisotopic (exact) mass is 438 g/mol. The van der Waals surface area contributed by atoms with Gasteiger partial charge in [0.2, 0.25) is 0 Å². The maximum absolute atomic E-state index is 13.0. The minimum absolute atomic E-state index is 0.108. The average molecular weight is 439 g/mol. The van der Waals surface area contributed by atoms with E-state index in [0.717, 1.165) is 16.8 Å². The largest absolute Gasteiger partial charge is 0.309 e. The molecule has 0 saturated heterocycles. The van der Waals surface area contributed by atoms with E-state index in [1.165, 1.54) is 4.90 Å². The van der Waals surface area contributed by atoms with E-state index in [-0.39, 0.29) is 17.7 Å². The van der Waals surface area contributed by atoms with Gasteiger partial charge in [-0.1, -0.05) is 60.2 Å². The zero-order valence-corrected chi connectivity index (χ0v) is 18.6. The number of amides is 3. The molecule has 0 bridgehead atoms. The average Bonchev–Trinajstić information content (AvgIpc) is 3.09. The number of rotatable bonds is 8. The van der Waals surface area contributed by atoms with Crippen LogP contribution in [0.15, 0.2) is 84.9 Å². The lowest BCUT2D eigenvalue weighted by Crippen LogP contribution is -2.33. The highest BCUT2D eigenvalue weighted by Crippen LogP contribution is 2.23. The molecule has 0 unspecified atom stereocenters.